The van der Waals surface area contributed by atoms with Crippen molar-refractivity contribution in [2.24, 2.45) is 0 Å². The second kappa shape index (κ2) is 11.5. The highest BCUT2D eigenvalue weighted by molar-refractivity contribution is 5.62. The van der Waals surface area contributed by atoms with Crippen LogP contribution in [0.5, 0.6) is 0 Å². The number of carboxylic acids is 1. The summed E-state index contributed by atoms with van der Waals surface area (Å²) < 4.78 is 0. The zero-order valence-electron chi connectivity index (χ0n) is 10.9. The maximum atomic E-state index is 9.00. The number of carboxylic acid groups (broad SMARTS) is 1. The fourth-order valence-electron chi connectivity index (χ4n) is 1.65. The topological polar surface area (TPSA) is 40.5 Å². The first-order valence-corrected chi connectivity index (χ1v) is 6.13. The van der Waals surface area contributed by atoms with E-state index in [1.165, 1.54) is 32.4 Å². The summed E-state index contributed by atoms with van der Waals surface area (Å²) in [6, 6.07) is 1.03. The van der Waals surface area contributed by atoms with E-state index in [0.717, 1.165) is 13.0 Å². The molecule has 2 saturated heterocycles. The lowest BCUT2D eigenvalue weighted by molar-refractivity contribution is -0.134. The maximum absolute atomic E-state index is 9.00. The van der Waals surface area contributed by atoms with Gasteiger partial charge < -0.3 is 10.0 Å². The van der Waals surface area contributed by atoms with E-state index >= 15 is 0 Å². The third-order valence-corrected chi connectivity index (χ3v) is 2.25. The van der Waals surface area contributed by atoms with Gasteiger partial charge in [0, 0.05) is 13.0 Å². The third-order valence-electron chi connectivity index (χ3n) is 2.25. The smallest absolute Gasteiger partial charge is 0.300 e. The van der Waals surface area contributed by atoms with Crippen LogP contribution in [-0.4, -0.2) is 35.1 Å². The maximum Gasteiger partial charge on any atom is 0.300 e. The van der Waals surface area contributed by atoms with Gasteiger partial charge in [-0.1, -0.05) is 27.7 Å². The van der Waals surface area contributed by atoms with Gasteiger partial charge in [-0.05, 0) is 32.4 Å². The van der Waals surface area contributed by atoms with Crippen LogP contribution in [0.2, 0.25) is 0 Å². The molecule has 0 aromatic heterocycles. The summed E-state index contributed by atoms with van der Waals surface area (Å²) in [5.74, 6) is -0.833. The number of nitrogens with zero attached hydrogens (tertiary/aromatic N) is 1. The molecule has 0 bridgehead atoms. The summed E-state index contributed by atoms with van der Waals surface area (Å²) in [4.78, 5) is 11.6. The van der Waals surface area contributed by atoms with Gasteiger partial charge in [-0.2, -0.15) is 0 Å². The Morgan fingerprint density at radius 3 is 1.73 bits per heavy atom. The van der Waals surface area contributed by atoms with E-state index in [1.54, 1.807) is 0 Å². The molecule has 2 heterocycles. The van der Waals surface area contributed by atoms with Crippen molar-refractivity contribution >= 4 is 5.97 Å². The highest BCUT2D eigenvalue weighted by Crippen LogP contribution is 2.27. The summed E-state index contributed by atoms with van der Waals surface area (Å²) in [5, 5.41) is 7.42. The first-order chi connectivity index (χ1) is 7.20. The van der Waals surface area contributed by atoms with Gasteiger partial charge in [0.15, 0.2) is 0 Å². The molecule has 15 heavy (non-hydrogen) atoms. The predicted octanol–water partition coefficient (Wildman–Crippen LogP) is 3.00. The van der Waals surface area contributed by atoms with E-state index in [4.69, 9.17) is 9.90 Å². The molecule has 0 aromatic rings. The lowest BCUT2D eigenvalue weighted by atomic mass is 10.1. The van der Waals surface area contributed by atoms with Crippen LogP contribution in [0.1, 0.15) is 53.9 Å². The van der Waals surface area contributed by atoms with E-state index in [-0.39, 0.29) is 0 Å². The molecule has 0 aliphatic carbocycles. The van der Waals surface area contributed by atoms with Crippen molar-refractivity contribution in [1.29, 1.82) is 0 Å². The number of rotatable bonds is 0. The highest BCUT2D eigenvalue weighted by atomic mass is 16.4. The second-order valence-electron chi connectivity index (χ2n) is 3.14. The molecular formula is C12H27NO2. The average Bonchev–Trinajstić information content (AvgIpc) is 2.51. The van der Waals surface area contributed by atoms with Crippen molar-refractivity contribution < 1.29 is 9.90 Å². The Morgan fingerprint density at radius 1 is 1.13 bits per heavy atom. The second-order valence-corrected chi connectivity index (χ2v) is 3.14. The minimum absolute atomic E-state index is 0.833. The molecule has 0 aromatic carbocycles. The third kappa shape index (κ3) is 8.43. The summed E-state index contributed by atoms with van der Waals surface area (Å²) in [5.41, 5.74) is 0. The number of hydrogen-bond donors (Lipinski definition) is 1. The molecule has 3 nitrogen and oxygen atoms in total. The van der Waals surface area contributed by atoms with Crippen molar-refractivity contribution in [3.8, 4) is 0 Å². The van der Waals surface area contributed by atoms with Gasteiger partial charge in [0.05, 0.1) is 0 Å². The van der Waals surface area contributed by atoms with Gasteiger partial charge in [0.1, 0.15) is 0 Å². The Kier molecular flexibility index (Phi) is 12.9. The first-order valence-electron chi connectivity index (χ1n) is 6.13. The zero-order chi connectivity index (χ0) is 12.3. The van der Waals surface area contributed by atoms with Gasteiger partial charge in [0.2, 0.25) is 0 Å². The quantitative estimate of drug-likeness (QED) is 0.678. The van der Waals surface area contributed by atoms with Crippen molar-refractivity contribution in [3.63, 3.8) is 0 Å². The van der Waals surface area contributed by atoms with Gasteiger partial charge in [-0.15, -0.1) is 0 Å². The zero-order valence-corrected chi connectivity index (χ0v) is 10.9. The minimum atomic E-state index is -0.833. The number of aliphatic carboxylic acids is 1. The lowest BCUT2D eigenvalue weighted by Gasteiger charge is -2.34. The lowest BCUT2D eigenvalue weighted by Crippen LogP contribution is -2.42. The van der Waals surface area contributed by atoms with Crippen LogP contribution in [0, 0.1) is 0 Å². The SMILES string of the molecule is C1CC2CCN2C1.CC.CC.CC(=O)O. The van der Waals surface area contributed by atoms with Crippen LogP contribution in [0.3, 0.4) is 0 Å². The van der Waals surface area contributed by atoms with E-state index in [1.807, 2.05) is 27.7 Å². The van der Waals surface area contributed by atoms with Crippen molar-refractivity contribution in [3.05, 3.63) is 0 Å². The van der Waals surface area contributed by atoms with Crippen LogP contribution >= 0.6 is 0 Å². The van der Waals surface area contributed by atoms with Gasteiger partial charge in [-0.3, -0.25) is 4.79 Å². The van der Waals surface area contributed by atoms with Crippen LogP contribution in [0.4, 0.5) is 0 Å². The molecule has 2 rings (SSSR count). The van der Waals surface area contributed by atoms with E-state index in [9.17, 15) is 0 Å². The van der Waals surface area contributed by atoms with Crippen molar-refractivity contribution in [2.75, 3.05) is 13.1 Å². The van der Waals surface area contributed by atoms with Crippen LogP contribution in [0.15, 0.2) is 0 Å². The Morgan fingerprint density at radius 2 is 1.60 bits per heavy atom. The van der Waals surface area contributed by atoms with E-state index in [0.29, 0.717) is 0 Å². The summed E-state index contributed by atoms with van der Waals surface area (Å²) in [6.07, 6.45) is 4.44. The van der Waals surface area contributed by atoms with E-state index < -0.39 is 5.97 Å². The molecule has 2 aliphatic rings. The molecule has 2 fully saturated rings. The molecule has 0 saturated carbocycles. The Hall–Kier alpha value is -0.570. The van der Waals surface area contributed by atoms with Gasteiger partial charge >= 0.3 is 0 Å². The number of carbonyl (C=O) groups is 1. The van der Waals surface area contributed by atoms with Crippen LogP contribution in [-0.2, 0) is 4.79 Å². The molecule has 3 heteroatoms. The minimum Gasteiger partial charge on any atom is -0.481 e. The normalized spacial score (nSPS) is 21.3. The van der Waals surface area contributed by atoms with Crippen molar-refractivity contribution in [1.82, 2.24) is 4.90 Å². The Bertz CT molecular complexity index is 135. The molecule has 0 amide bonds. The number of fused-ring (bicyclic) bond motifs is 1. The largest absolute Gasteiger partial charge is 0.481 e. The fraction of sp³-hybridized carbons (Fsp3) is 0.917. The molecule has 0 radical (unpaired) electrons. The van der Waals surface area contributed by atoms with Crippen LogP contribution < -0.4 is 0 Å². The Balaban J connectivity index is 0. The molecule has 0 spiro atoms. The average molecular weight is 217 g/mol. The van der Waals surface area contributed by atoms with Crippen molar-refractivity contribution in [2.45, 2.75) is 59.9 Å². The van der Waals surface area contributed by atoms with Crippen LogP contribution in [0.25, 0.3) is 0 Å². The summed E-state index contributed by atoms with van der Waals surface area (Å²) in [7, 11) is 0. The highest BCUT2D eigenvalue weighted by Gasteiger charge is 2.31. The number of hydrogen-bond acceptors (Lipinski definition) is 2. The van der Waals surface area contributed by atoms with Gasteiger partial charge in [0.25, 0.3) is 5.97 Å². The molecular weight excluding hydrogens is 190 g/mol. The summed E-state index contributed by atoms with van der Waals surface area (Å²) >= 11 is 0. The van der Waals surface area contributed by atoms with Gasteiger partial charge in [-0.25, -0.2) is 0 Å². The summed E-state index contributed by atoms with van der Waals surface area (Å²) in [6.45, 7) is 11.9. The molecule has 1 atom stereocenters. The first kappa shape index (κ1) is 16.8. The fourth-order valence-corrected chi connectivity index (χ4v) is 1.65. The molecule has 1 unspecified atom stereocenters. The standard InChI is InChI=1S/C6H11N.C2H4O2.2C2H6/c1-2-6-3-5-7(6)4-1;1-2(3)4;2*1-2/h6H,1-5H2;1H3,(H,3,4);2*1-2H3. The molecule has 2 aliphatic heterocycles. The molecule has 92 valence electrons. The van der Waals surface area contributed by atoms with E-state index in [2.05, 4.69) is 4.90 Å². The monoisotopic (exact) mass is 217 g/mol. The molecule has 1 N–H and O–H groups in total. The Labute approximate surface area is 94.5 Å². The predicted molar refractivity (Wildman–Crippen MR) is 65.2 cm³/mol.